The Labute approximate surface area is 151 Å². The van der Waals surface area contributed by atoms with E-state index in [4.69, 9.17) is 4.52 Å². The van der Waals surface area contributed by atoms with Crippen LogP contribution < -0.4 is 5.32 Å². The van der Waals surface area contributed by atoms with Crippen LogP contribution in [0, 0.1) is 0 Å². The number of piperidine rings is 1. The Bertz CT molecular complexity index is 824. The van der Waals surface area contributed by atoms with E-state index in [-0.39, 0.29) is 23.7 Å². The molecule has 0 radical (unpaired) electrons. The van der Waals surface area contributed by atoms with Crippen molar-refractivity contribution in [2.24, 2.45) is 0 Å². The lowest BCUT2D eigenvalue weighted by atomic mass is 9.97. The highest BCUT2D eigenvalue weighted by atomic mass is 16.5. The van der Waals surface area contributed by atoms with E-state index in [1.54, 1.807) is 11.0 Å². The van der Waals surface area contributed by atoms with Gasteiger partial charge in [-0.2, -0.15) is 4.98 Å². The summed E-state index contributed by atoms with van der Waals surface area (Å²) in [6, 6.07) is 9.70. The topological polar surface area (TPSA) is 88.3 Å². The predicted octanol–water partition coefficient (Wildman–Crippen LogP) is 1.70. The highest BCUT2D eigenvalue weighted by Gasteiger charge is 2.36. The van der Waals surface area contributed by atoms with Gasteiger partial charge in [-0.3, -0.25) is 9.59 Å². The van der Waals surface area contributed by atoms with E-state index in [1.807, 2.05) is 36.4 Å². The van der Waals surface area contributed by atoms with Crippen LogP contribution in [-0.2, 0) is 9.59 Å². The highest BCUT2D eigenvalue weighted by molar-refractivity contribution is 5.92. The van der Waals surface area contributed by atoms with Crippen LogP contribution in [0.15, 0.2) is 40.9 Å². The first kappa shape index (κ1) is 16.5. The Kier molecular flexibility index (Phi) is 4.51. The summed E-state index contributed by atoms with van der Waals surface area (Å²) in [7, 11) is 0. The van der Waals surface area contributed by atoms with Gasteiger partial charge in [0, 0.05) is 25.7 Å². The number of carbonyl (C=O) groups is 2. The third kappa shape index (κ3) is 3.37. The van der Waals surface area contributed by atoms with Gasteiger partial charge in [-0.05, 0) is 24.5 Å². The second kappa shape index (κ2) is 7.11. The van der Waals surface area contributed by atoms with E-state index >= 15 is 0 Å². The number of hydrogen-bond donors (Lipinski definition) is 1. The lowest BCUT2D eigenvalue weighted by Gasteiger charge is -2.36. The summed E-state index contributed by atoms with van der Waals surface area (Å²) < 4.78 is 5.33. The van der Waals surface area contributed by atoms with Crippen LogP contribution in [0.5, 0.6) is 0 Å². The molecule has 7 nitrogen and oxygen atoms in total. The Morgan fingerprint density at radius 3 is 2.85 bits per heavy atom. The van der Waals surface area contributed by atoms with Crippen LogP contribution in [0.3, 0.4) is 0 Å². The van der Waals surface area contributed by atoms with Crippen molar-refractivity contribution in [1.82, 2.24) is 20.4 Å². The number of benzene rings is 1. The molecule has 7 heteroatoms. The van der Waals surface area contributed by atoms with E-state index in [0.29, 0.717) is 31.3 Å². The average Bonchev–Trinajstić information content (AvgIpc) is 3.09. The molecule has 1 aromatic carbocycles. The van der Waals surface area contributed by atoms with Gasteiger partial charge >= 0.3 is 0 Å². The van der Waals surface area contributed by atoms with Crippen molar-refractivity contribution >= 4 is 17.9 Å². The van der Waals surface area contributed by atoms with Gasteiger partial charge < -0.3 is 14.7 Å². The van der Waals surface area contributed by atoms with Gasteiger partial charge in [-0.15, -0.1) is 0 Å². The van der Waals surface area contributed by atoms with Crippen molar-refractivity contribution in [3.05, 3.63) is 53.7 Å². The van der Waals surface area contributed by atoms with Crippen molar-refractivity contribution in [1.29, 1.82) is 0 Å². The molecule has 1 unspecified atom stereocenters. The molecule has 4 rings (SSSR count). The molecule has 1 aromatic heterocycles. The van der Waals surface area contributed by atoms with Crippen LogP contribution >= 0.6 is 0 Å². The molecule has 2 fully saturated rings. The smallest absolute Gasteiger partial charge is 0.246 e. The molecular formula is C19H20N4O3. The number of carbonyl (C=O) groups excluding carboxylic acids is 2. The zero-order chi connectivity index (χ0) is 17.9. The SMILES string of the molecule is O=C1NCCCC1c1noc(C2CN(C(=O)/C=C/c3ccccc3)C2)n1. The second-order valence-electron chi connectivity index (χ2n) is 6.66. The standard InChI is InChI=1S/C19H20N4O3/c24-16(9-8-13-5-2-1-3-6-13)23-11-14(12-23)19-21-17(22-26-19)15-7-4-10-20-18(15)25/h1-3,5-6,8-9,14-15H,4,7,10-12H2,(H,20,25)/b9-8+. The molecule has 1 N–H and O–H groups in total. The number of rotatable bonds is 4. The average molecular weight is 352 g/mol. The Morgan fingerprint density at radius 1 is 1.27 bits per heavy atom. The molecule has 0 saturated carbocycles. The fourth-order valence-corrected chi connectivity index (χ4v) is 3.22. The molecule has 1 atom stereocenters. The quantitative estimate of drug-likeness (QED) is 0.846. The number of nitrogens with zero attached hydrogens (tertiary/aromatic N) is 3. The largest absolute Gasteiger partial charge is 0.355 e. The summed E-state index contributed by atoms with van der Waals surface area (Å²) in [6.45, 7) is 1.81. The third-order valence-electron chi connectivity index (χ3n) is 4.81. The summed E-state index contributed by atoms with van der Waals surface area (Å²) in [4.78, 5) is 30.2. The summed E-state index contributed by atoms with van der Waals surface area (Å²) >= 11 is 0. The maximum Gasteiger partial charge on any atom is 0.246 e. The Balaban J connectivity index is 1.33. The first-order valence-electron chi connectivity index (χ1n) is 8.84. The molecule has 2 aliphatic rings. The van der Waals surface area contributed by atoms with Crippen LogP contribution in [-0.4, -0.2) is 46.5 Å². The van der Waals surface area contributed by atoms with Crippen LogP contribution in [0.1, 0.15) is 42.0 Å². The van der Waals surface area contributed by atoms with Gasteiger partial charge in [0.15, 0.2) is 5.82 Å². The summed E-state index contributed by atoms with van der Waals surface area (Å²) in [6.07, 6.45) is 5.05. The molecule has 0 bridgehead atoms. The first-order valence-corrected chi connectivity index (χ1v) is 8.84. The fraction of sp³-hybridized carbons (Fsp3) is 0.368. The highest BCUT2D eigenvalue weighted by Crippen LogP contribution is 2.28. The van der Waals surface area contributed by atoms with Crippen molar-refractivity contribution < 1.29 is 14.1 Å². The predicted molar refractivity (Wildman–Crippen MR) is 94.1 cm³/mol. The Hall–Kier alpha value is -2.96. The summed E-state index contributed by atoms with van der Waals surface area (Å²) in [5.74, 6) is 0.599. The molecular weight excluding hydrogens is 332 g/mol. The molecule has 2 saturated heterocycles. The van der Waals surface area contributed by atoms with Gasteiger partial charge in [0.1, 0.15) is 5.92 Å². The molecule has 2 aromatic rings. The van der Waals surface area contributed by atoms with Crippen LogP contribution in [0.25, 0.3) is 6.08 Å². The van der Waals surface area contributed by atoms with E-state index in [2.05, 4.69) is 15.5 Å². The zero-order valence-corrected chi connectivity index (χ0v) is 14.3. The van der Waals surface area contributed by atoms with Crippen molar-refractivity contribution in [3.8, 4) is 0 Å². The minimum atomic E-state index is -0.326. The van der Waals surface area contributed by atoms with E-state index in [1.165, 1.54) is 0 Å². The minimum Gasteiger partial charge on any atom is -0.355 e. The van der Waals surface area contributed by atoms with Crippen LogP contribution in [0.2, 0.25) is 0 Å². The molecule has 2 amide bonds. The lowest BCUT2D eigenvalue weighted by molar-refractivity contribution is -0.130. The molecule has 134 valence electrons. The van der Waals surface area contributed by atoms with Crippen molar-refractivity contribution in [2.75, 3.05) is 19.6 Å². The normalized spacial score (nSPS) is 20.8. The zero-order valence-electron chi connectivity index (χ0n) is 14.3. The maximum absolute atomic E-state index is 12.2. The molecule has 2 aliphatic heterocycles. The number of nitrogens with one attached hydrogen (secondary N) is 1. The first-order chi connectivity index (χ1) is 12.7. The van der Waals surface area contributed by atoms with Crippen molar-refractivity contribution in [2.45, 2.75) is 24.7 Å². The molecule has 3 heterocycles. The number of amides is 2. The van der Waals surface area contributed by atoms with Crippen molar-refractivity contribution in [3.63, 3.8) is 0 Å². The Morgan fingerprint density at radius 2 is 2.08 bits per heavy atom. The number of hydrogen-bond acceptors (Lipinski definition) is 5. The lowest BCUT2D eigenvalue weighted by Crippen LogP contribution is -2.48. The third-order valence-corrected chi connectivity index (χ3v) is 4.81. The van der Waals surface area contributed by atoms with Gasteiger partial charge in [0.25, 0.3) is 0 Å². The second-order valence-corrected chi connectivity index (χ2v) is 6.66. The number of aromatic nitrogens is 2. The maximum atomic E-state index is 12.2. The van der Waals surface area contributed by atoms with Gasteiger partial charge in [0.2, 0.25) is 17.7 Å². The van der Waals surface area contributed by atoms with E-state index in [9.17, 15) is 9.59 Å². The van der Waals surface area contributed by atoms with E-state index < -0.39 is 0 Å². The minimum absolute atomic E-state index is 0.0310. The van der Waals surface area contributed by atoms with Gasteiger partial charge in [-0.25, -0.2) is 0 Å². The van der Waals surface area contributed by atoms with Gasteiger partial charge in [-0.1, -0.05) is 35.5 Å². The molecule has 0 spiro atoms. The van der Waals surface area contributed by atoms with Crippen LogP contribution in [0.4, 0.5) is 0 Å². The van der Waals surface area contributed by atoms with Gasteiger partial charge in [0.05, 0.1) is 5.92 Å². The summed E-state index contributed by atoms with van der Waals surface area (Å²) in [5, 5.41) is 6.80. The molecule has 26 heavy (non-hydrogen) atoms. The fourth-order valence-electron chi connectivity index (χ4n) is 3.22. The van der Waals surface area contributed by atoms with E-state index in [0.717, 1.165) is 18.4 Å². The number of likely N-dealkylation sites (tertiary alicyclic amines) is 1. The monoisotopic (exact) mass is 352 g/mol. The molecule has 0 aliphatic carbocycles. The summed E-state index contributed by atoms with van der Waals surface area (Å²) in [5.41, 5.74) is 0.991.